The van der Waals surface area contributed by atoms with Gasteiger partial charge >= 0.3 is 0 Å². The normalized spacial score (nSPS) is 12.2. The van der Waals surface area contributed by atoms with Gasteiger partial charge in [-0.05, 0) is 6.92 Å². The molecule has 12 heavy (non-hydrogen) atoms. The number of amidine groups is 1. The van der Waals surface area contributed by atoms with Crippen LogP contribution in [-0.4, -0.2) is 31.5 Å². The largest absolute Gasteiger partial charge is 0.387 e. The lowest BCUT2D eigenvalue weighted by molar-refractivity contribution is -0.120. The van der Waals surface area contributed by atoms with Crippen molar-refractivity contribution in [2.45, 2.75) is 19.4 Å². The van der Waals surface area contributed by atoms with Crippen LogP contribution in [0.5, 0.6) is 0 Å². The van der Waals surface area contributed by atoms with Crippen LogP contribution in [0.15, 0.2) is 0 Å². The van der Waals surface area contributed by atoms with Gasteiger partial charge in [0.1, 0.15) is 0 Å². The van der Waals surface area contributed by atoms with Crippen LogP contribution in [0, 0.1) is 5.41 Å². The Labute approximate surface area is 71.8 Å². The number of amides is 1. The Kier molecular flexibility index (Phi) is 5.03. The fraction of sp³-hybridized carbons (Fsp3) is 0.714. The quantitative estimate of drug-likeness (QED) is 0.385. The minimum atomic E-state index is -0.243. The number of nitrogens with one attached hydrogen (secondary N) is 2. The molecule has 0 radical (unpaired) electrons. The van der Waals surface area contributed by atoms with Crippen LogP contribution < -0.4 is 11.1 Å². The molecule has 0 bridgehead atoms. The van der Waals surface area contributed by atoms with Gasteiger partial charge in [0.25, 0.3) is 0 Å². The molecule has 0 aliphatic rings. The molecule has 0 fully saturated rings. The van der Waals surface area contributed by atoms with Gasteiger partial charge in [-0.1, -0.05) is 0 Å². The van der Waals surface area contributed by atoms with E-state index in [1.165, 1.54) is 0 Å². The second-order valence-electron chi connectivity index (χ2n) is 2.63. The zero-order valence-corrected chi connectivity index (χ0v) is 7.39. The summed E-state index contributed by atoms with van der Waals surface area (Å²) in [6.45, 7) is 2.28. The summed E-state index contributed by atoms with van der Waals surface area (Å²) in [4.78, 5) is 11.0. The molecule has 0 saturated heterocycles. The number of carbonyl (C=O) groups is 1. The maximum absolute atomic E-state index is 11.0. The first-order chi connectivity index (χ1) is 5.56. The number of nitrogens with two attached hydrogens (primary N) is 1. The maximum atomic E-state index is 11.0. The zero-order valence-electron chi connectivity index (χ0n) is 7.39. The topological polar surface area (TPSA) is 88.2 Å². The van der Waals surface area contributed by atoms with Crippen molar-refractivity contribution in [3.05, 3.63) is 0 Å². The first-order valence-corrected chi connectivity index (χ1v) is 3.67. The highest BCUT2D eigenvalue weighted by atomic mass is 16.5. The van der Waals surface area contributed by atoms with Gasteiger partial charge in [0.05, 0.1) is 18.9 Å². The van der Waals surface area contributed by atoms with Gasteiger partial charge in [-0.25, -0.2) is 0 Å². The summed E-state index contributed by atoms with van der Waals surface area (Å²) < 4.78 is 4.81. The van der Waals surface area contributed by atoms with Crippen molar-refractivity contribution in [3.63, 3.8) is 0 Å². The number of hydrogen-bond acceptors (Lipinski definition) is 3. The van der Waals surface area contributed by atoms with Gasteiger partial charge in [0, 0.05) is 13.2 Å². The van der Waals surface area contributed by atoms with Gasteiger partial charge in [-0.2, -0.15) is 0 Å². The Hall–Kier alpha value is -1.10. The molecule has 0 aromatic heterocycles. The van der Waals surface area contributed by atoms with Crippen molar-refractivity contribution in [1.29, 1.82) is 5.41 Å². The number of rotatable bonds is 5. The molecular formula is C7H15N3O2. The molecule has 0 unspecified atom stereocenters. The average Bonchev–Trinajstić information content (AvgIpc) is 1.84. The summed E-state index contributed by atoms with van der Waals surface area (Å²) in [5, 5.41) is 9.48. The van der Waals surface area contributed by atoms with Crippen molar-refractivity contribution in [1.82, 2.24) is 5.32 Å². The molecule has 4 N–H and O–H groups in total. The maximum Gasteiger partial charge on any atom is 0.227 e. The molecule has 5 heteroatoms. The smallest absolute Gasteiger partial charge is 0.227 e. The number of ether oxygens (including phenoxy) is 1. The molecule has 0 heterocycles. The van der Waals surface area contributed by atoms with Gasteiger partial charge < -0.3 is 15.8 Å². The van der Waals surface area contributed by atoms with Gasteiger partial charge in [-0.15, -0.1) is 0 Å². The number of methoxy groups -OCH3 is 1. The SMILES string of the molecule is COC[C@H](C)NC(=O)CC(=N)N. The van der Waals surface area contributed by atoms with E-state index in [1.54, 1.807) is 7.11 Å². The van der Waals surface area contributed by atoms with Crippen LogP contribution in [0.1, 0.15) is 13.3 Å². The van der Waals surface area contributed by atoms with Crippen molar-refractivity contribution in [3.8, 4) is 0 Å². The Morgan fingerprint density at radius 3 is 2.75 bits per heavy atom. The van der Waals surface area contributed by atoms with E-state index in [-0.39, 0.29) is 24.2 Å². The van der Waals surface area contributed by atoms with Gasteiger partial charge in [0.15, 0.2) is 0 Å². The first kappa shape index (κ1) is 10.9. The lowest BCUT2D eigenvalue weighted by atomic mass is 10.3. The molecule has 1 atom stereocenters. The molecule has 5 nitrogen and oxygen atoms in total. The van der Waals surface area contributed by atoms with Crippen LogP contribution in [-0.2, 0) is 9.53 Å². The minimum absolute atomic E-state index is 0.0400. The summed E-state index contributed by atoms with van der Waals surface area (Å²) in [5.41, 5.74) is 5.03. The predicted molar refractivity (Wildman–Crippen MR) is 46.0 cm³/mol. The molecule has 0 saturated carbocycles. The van der Waals surface area contributed by atoms with Crippen molar-refractivity contribution in [2.24, 2.45) is 5.73 Å². The molecule has 0 aliphatic carbocycles. The third kappa shape index (κ3) is 5.67. The fourth-order valence-corrected chi connectivity index (χ4v) is 0.790. The first-order valence-electron chi connectivity index (χ1n) is 3.67. The molecule has 0 aromatic rings. The minimum Gasteiger partial charge on any atom is -0.387 e. The number of carbonyl (C=O) groups excluding carboxylic acids is 1. The van der Waals surface area contributed by atoms with Gasteiger partial charge in [-0.3, -0.25) is 10.2 Å². The van der Waals surface area contributed by atoms with E-state index in [9.17, 15) is 4.79 Å². The molecule has 0 rings (SSSR count). The lowest BCUT2D eigenvalue weighted by Gasteiger charge is -2.11. The highest BCUT2D eigenvalue weighted by Gasteiger charge is 2.07. The molecule has 1 amide bonds. The summed E-state index contributed by atoms with van der Waals surface area (Å²) in [7, 11) is 1.56. The Morgan fingerprint density at radius 1 is 1.75 bits per heavy atom. The summed E-state index contributed by atoms with van der Waals surface area (Å²) in [6.07, 6.45) is -0.0476. The van der Waals surface area contributed by atoms with E-state index in [1.807, 2.05) is 6.92 Å². The molecule has 0 aromatic carbocycles. The summed E-state index contributed by atoms with van der Waals surface area (Å²) in [5.74, 6) is -0.371. The third-order valence-electron chi connectivity index (χ3n) is 1.18. The van der Waals surface area contributed by atoms with Crippen LogP contribution in [0.25, 0.3) is 0 Å². The van der Waals surface area contributed by atoms with Crippen molar-refractivity contribution >= 4 is 11.7 Å². The van der Waals surface area contributed by atoms with E-state index in [0.29, 0.717) is 6.61 Å². The predicted octanol–water partition coefficient (Wildman–Crippen LogP) is -0.536. The third-order valence-corrected chi connectivity index (χ3v) is 1.18. The zero-order chi connectivity index (χ0) is 9.56. The van der Waals surface area contributed by atoms with Crippen LogP contribution >= 0.6 is 0 Å². The van der Waals surface area contributed by atoms with Crippen molar-refractivity contribution < 1.29 is 9.53 Å². The van der Waals surface area contributed by atoms with Crippen LogP contribution in [0.3, 0.4) is 0 Å². The highest BCUT2D eigenvalue weighted by molar-refractivity contribution is 5.97. The fourth-order valence-electron chi connectivity index (χ4n) is 0.790. The summed E-state index contributed by atoms with van der Waals surface area (Å²) >= 11 is 0. The molecular weight excluding hydrogens is 158 g/mol. The van der Waals surface area contributed by atoms with E-state index in [0.717, 1.165) is 0 Å². The van der Waals surface area contributed by atoms with Crippen molar-refractivity contribution in [2.75, 3.05) is 13.7 Å². The summed E-state index contributed by atoms with van der Waals surface area (Å²) in [6, 6.07) is -0.0400. The Morgan fingerprint density at radius 2 is 2.33 bits per heavy atom. The molecule has 70 valence electrons. The van der Waals surface area contributed by atoms with E-state index >= 15 is 0 Å². The van der Waals surface area contributed by atoms with E-state index in [2.05, 4.69) is 5.32 Å². The second-order valence-corrected chi connectivity index (χ2v) is 2.63. The monoisotopic (exact) mass is 173 g/mol. The Bertz CT molecular complexity index is 170. The van der Waals surface area contributed by atoms with E-state index in [4.69, 9.17) is 15.9 Å². The van der Waals surface area contributed by atoms with Gasteiger partial charge in [0.2, 0.25) is 5.91 Å². The molecule has 0 aliphatic heterocycles. The highest BCUT2D eigenvalue weighted by Crippen LogP contribution is 1.85. The lowest BCUT2D eigenvalue weighted by Crippen LogP contribution is -2.37. The molecule has 0 spiro atoms. The van der Waals surface area contributed by atoms with E-state index < -0.39 is 0 Å². The van der Waals surface area contributed by atoms with Crippen LogP contribution in [0.4, 0.5) is 0 Å². The second kappa shape index (κ2) is 5.54. The standard InChI is InChI=1S/C7H15N3O2/c1-5(4-12-2)10-7(11)3-6(8)9/h5H,3-4H2,1-2H3,(H3,8,9)(H,10,11)/t5-/m0/s1. The number of hydrogen-bond donors (Lipinski definition) is 3. The average molecular weight is 173 g/mol. The van der Waals surface area contributed by atoms with Crippen LogP contribution in [0.2, 0.25) is 0 Å². The Balaban J connectivity index is 3.61.